The molecule has 0 N–H and O–H groups in total. The Hall–Kier alpha value is -0.520. The molecule has 1 radical (unpaired) electrons. The van der Waals surface area contributed by atoms with E-state index in [4.69, 9.17) is 4.74 Å². The van der Waals surface area contributed by atoms with Crippen molar-refractivity contribution in [3.05, 3.63) is 0 Å². The maximum atomic E-state index is 4.71. The van der Waals surface area contributed by atoms with E-state index >= 15 is 0 Å². The van der Waals surface area contributed by atoms with Crippen molar-refractivity contribution in [2.45, 2.75) is 6.92 Å². The molecule has 2 heteroatoms. The van der Waals surface area contributed by atoms with Crippen LogP contribution in [-0.2, 0) is 4.74 Å². The highest BCUT2D eigenvalue weighted by Crippen LogP contribution is 1.62. The van der Waals surface area contributed by atoms with Crippen LogP contribution in [0.1, 0.15) is 6.92 Å². The van der Waals surface area contributed by atoms with Crippen molar-refractivity contribution in [2.24, 2.45) is 0 Å². The maximum Gasteiger partial charge on any atom is 0.107 e. The van der Waals surface area contributed by atoms with Crippen molar-refractivity contribution >= 4 is 0 Å². The number of ether oxygens (including phenoxy) is 1. The van der Waals surface area contributed by atoms with Crippen LogP contribution in [0.2, 0.25) is 0 Å². The fraction of sp³-hybridized carbons (Fsp3) is 0.714. The van der Waals surface area contributed by atoms with E-state index in [1.807, 2.05) is 6.92 Å². The first kappa shape index (κ1) is 8.48. The molecule has 0 amide bonds. The molecule has 0 aliphatic rings. The van der Waals surface area contributed by atoms with E-state index in [1.165, 1.54) is 0 Å². The molecule has 0 saturated heterocycles. The molecule has 0 rings (SSSR count). The third-order valence-corrected chi connectivity index (χ3v) is 0.756. The third kappa shape index (κ3) is 7.48. The number of rotatable bonds is 3. The van der Waals surface area contributed by atoms with Crippen LogP contribution in [0.4, 0.5) is 0 Å². The first-order valence-corrected chi connectivity index (χ1v) is 2.99. The van der Waals surface area contributed by atoms with Gasteiger partial charge in [-0.2, -0.15) is 0 Å². The minimum absolute atomic E-state index is 0.513. The van der Waals surface area contributed by atoms with Crippen molar-refractivity contribution in [2.75, 3.05) is 26.8 Å². The highest BCUT2D eigenvalue weighted by molar-refractivity contribution is 5.00. The average molecular weight is 126 g/mol. The zero-order chi connectivity index (χ0) is 6.95. The molecular weight excluding hydrogens is 114 g/mol. The first-order valence-electron chi connectivity index (χ1n) is 2.99. The highest BCUT2D eigenvalue weighted by atomic mass is 16.5. The summed E-state index contributed by atoms with van der Waals surface area (Å²) in [4.78, 5) is 0. The smallest absolute Gasteiger partial charge is 0.107 e. The van der Waals surface area contributed by atoms with E-state index in [-0.39, 0.29) is 0 Å². The van der Waals surface area contributed by atoms with Crippen LogP contribution in [0.25, 0.3) is 0 Å². The second kappa shape index (κ2) is 7.48. The van der Waals surface area contributed by atoms with Crippen molar-refractivity contribution in [1.82, 2.24) is 5.32 Å². The van der Waals surface area contributed by atoms with Gasteiger partial charge >= 0.3 is 0 Å². The largest absolute Gasteiger partial charge is 0.372 e. The van der Waals surface area contributed by atoms with Gasteiger partial charge in [0, 0.05) is 13.7 Å². The second-order valence-electron chi connectivity index (χ2n) is 1.48. The molecule has 0 aromatic rings. The van der Waals surface area contributed by atoms with Gasteiger partial charge in [0.2, 0.25) is 0 Å². The van der Waals surface area contributed by atoms with E-state index in [9.17, 15) is 0 Å². The third-order valence-electron chi connectivity index (χ3n) is 0.756. The Morgan fingerprint density at radius 3 is 2.78 bits per heavy atom. The lowest BCUT2D eigenvalue weighted by Gasteiger charge is -1.86. The molecule has 2 nitrogen and oxygen atoms in total. The molecule has 0 aromatic carbocycles. The van der Waals surface area contributed by atoms with Crippen LogP contribution in [0.15, 0.2) is 0 Å². The molecule has 0 aliphatic heterocycles. The average Bonchev–Trinajstić information content (AvgIpc) is 1.89. The van der Waals surface area contributed by atoms with Crippen LogP contribution >= 0.6 is 0 Å². The molecule has 0 spiro atoms. The number of methoxy groups -OCH3 is 1. The van der Waals surface area contributed by atoms with E-state index in [0.717, 1.165) is 6.54 Å². The van der Waals surface area contributed by atoms with Crippen molar-refractivity contribution < 1.29 is 4.74 Å². The topological polar surface area (TPSA) is 23.3 Å². The lowest BCUT2D eigenvalue weighted by molar-refractivity contribution is 0.239. The lowest BCUT2D eigenvalue weighted by Crippen LogP contribution is -2.02. The quantitative estimate of drug-likeness (QED) is 0.393. The molecular formula is C7H12NO. The fourth-order valence-corrected chi connectivity index (χ4v) is 0.347. The summed E-state index contributed by atoms with van der Waals surface area (Å²) in [6.07, 6.45) is 0. The molecule has 9 heavy (non-hydrogen) atoms. The van der Waals surface area contributed by atoms with E-state index < -0.39 is 0 Å². The molecule has 0 heterocycles. The van der Waals surface area contributed by atoms with E-state index in [1.54, 1.807) is 7.11 Å². The Balaban J connectivity index is 2.96. The zero-order valence-corrected chi connectivity index (χ0v) is 5.98. The van der Waals surface area contributed by atoms with Crippen LogP contribution in [0, 0.1) is 11.8 Å². The van der Waals surface area contributed by atoms with E-state index in [0.29, 0.717) is 13.2 Å². The minimum atomic E-state index is 0.513. The van der Waals surface area contributed by atoms with Gasteiger partial charge in [0.05, 0.1) is 6.54 Å². The van der Waals surface area contributed by atoms with Gasteiger partial charge in [-0.3, -0.25) is 0 Å². The first-order chi connectivity index (χ1) is 4.41. The van der Waals surface area contributed by atoms with Gasteiger partial charge in [-0.05, 0) is 0 Å². The highest BCUT2D eigenvalue weighted by Gasteiger charge is 1.73. The molecule has 0 unspecified atom stereocenters. The Kier molecular flexibility index (Phi) is 7.05. The second-order valence-corrected chi connectivity index (χ2v) is 1.48. The molecule has 51 valence electrons. The standard InChI is InChI=1S/C7H12NO/c1-3-8-6-4-5-7-9-2/h3,6-7H2,1-2H3. The normalized spacial score (nSPS) is 8.22. The Morgan fingerprint density at radius 1 is 1.44 bits per heavy atom. The number of hydrogen-bond donors (Lipinski definition) is 0. The Labute approximate surface area is 56.6 Å². The SMILES string of the molecule is CC[N]CC#CCOC. The summed E-state index contributed by atoms with van der Waals surface area (Å²) in [5.74, 6) is 5.65. The zero-order valence-electron chi connectivity index (χ0n) is 5.98. The molecule has 0 aliphatic carbocycles. The van der Waals surface area contributed by atoms with E-state index in [2.05, 4.69) is 17.2 Å². The van der Waals surface area contributed by atoms with Crippen molar-refractivity contribution in [1.29, 1.82) is 0 Å². The summed E-state index contributed by atoms with van der Waals surface area (Å²) >= 11 is 0. The summed E-state index contributed by atoms with van der Waals surface area (Å²) in [6, 6.07) is 0. The number of nitrogens with zero attached hydrogens (tertiary/aromatic N) is 1. The summed E-state index contributed by atoms with van der Waals surface area (Å²) in [6.45, 7) is 4.00. The fourth-order valence-electron chi connectivity index (χ4n) is 0.347. The Morgan fingerprint density at radius 2 is 2.22 bits per heavy atom. The summed E-state index contributed by atoms with van der Waals surface area (Å²) in [5, 5.41) is 4.01. The summed E-state index contributed by atoms with van der Waals surface area (Å²) in [7, 11) is 1.63. The van der Waals surface area contributed by atoms with Gasteiger partial charge in [-0.15, -0.1) is 0 Å². The molecule has 0 aromatic heterocycles. The molecule has 0 bridgehead atoms. The van der Waals surface area contributed by atoms with Crippen LogP contribution in [0.3, 0.4) is 0 Å². The molecule has 0 atom stereocenters. The van der Waals surface area contributed by atoms with Gasteiger partial charge < -0.3 is 4.74 Å². The van der Waals surface area contributed by atoms with Crippen molar-refractivity contribution in [3.63, 3.8) is 0 Å². The van der Waals surface area contributed by atoms with Crippen LogP contribution in [0.5, 0.6) is 0 Å². The molecule has 0 saturated carbocycles. The van der Waals surface area contributed by atoms with Crippen LogP contribution < -0.4 is 5.32 Å². The predicted octanol–water partition coefficient (Wildman–Crippen LogP) is 0.260. The Bertz CT molecular complexity index is 101. The van der Waals surface area contributed by atoms with Gasteiger partial charge in [-0.25, -0.2) is 5.32 Å². The summed E-state index contributed by atoms with van der Waals surface area (Å²) in [5.41, 5.74) is 0. The van der Waals surface area contributed by atoms with Crippen LogP contribution in [-0.4, -0.2) is 26.8 Å². The van der Waals surface area contributed by atoms with Gasteiger partial charge in [0.1, 0.15) is 6.61 Å². The predicted molar refractivity (Wildman–Crippen MR) is 37.2 cm³/mol. The molecule has 0 fully saturated rings. The number of hydrogen-bond acceptors (Lipinski definition) is 1. The van der Waals surface area contributed by atoms with Gasteiger partial charge in [0.25, 0.3) is 0 Å². The summed E-state index contributed by atoms with van der Waals surface area (Å²) < 4.78 is 4.71. The van der Waals surface area contributed by atoms with Crippen molar-refractivity contribution in [3.8, 4) is 11.8 Å². The lowest BCUT2D eigenvalue weighted by atomic mass is 10.5. The van der Waals surface area contributed by atoms with Gasteiger partial charge in [0.15, 0.2) is 0 Å². The minimum Gasteiger partial charge on any atom is -0.372 e. The monoisotopic (exact) mass is 126 g/mol. The van der Waals surface area contributed by atoms with Gasteiger partial charge in [-0.1, -0.05) is 18.8 Å². The maximum absolute atomic E-state index is 4.71.